The summed E-state index contributed by atoms with van der Waals surface area (Å²) >= 11 is 0. The largest absolute Gasteiger partial charge is 0.396 e. The summed E-state index contributed by atoms with van der Waals surface area (Å²) in [5, 5.41) is 8.86. The highest BCUT2D eigenvalue weighted by Gasteiger charge is 2.28. The molecule has 1 aromatic carbocycles. The summed E-state index contributed by atoms with van der Waals surface area (Å²) in [7, 11) is -0.894. The predicted octanol–water partition coefficient (Wildman–Crippen LogP) is 2.16. The highest BCUT2D eigenvalue weighted by atomic mass is 32.2. The van der Waals surface area contributed by atoms with Crippen molar-refractivity contribution in [2.75, 3.05) is 19.4 Å². The van der Waals surface area contributed by atoms with Crippen molar-refractivity contribution in [3.63, 3.8) is 0 Å². The fourth-order valence-electron chi connectivity index (χ4n) is 2.28. The standard InChI is InChI=1S/C15H23NO2S/c1-19(18)15-8-4-13(5-9-15)12-16(14-6-7-14)10-2-3-11-17/h4-5,8-9,14,17H,2-3,6-7,10-12H2,1H3. The van der Waals surface area contributed by atoms with Crippen LogP contribution in [-0.2, 0) is 17.3 Å². The van der Waals surface area contributed by atoms with Gasteiger partial charge in [0.05, 0.1) is 0 Å². The first-order valence-electron chi connectivity index (χ1n) is 6.98. The average molecular weight is 281 g/mol. The zero-order chi connectivity index (χ0) is 13.7. The highest BCUT2D eigenvalue weighted by Crippen LogP contribution is 2.28. The lowest BCUT2D eigenvalue weighted by atomic mass is 10.2. The quantitative estimate of drug-likeness (QED) is 0.742. The number of hydrogen-bond acceptors (Lipinski definition) is 3. The van der Waals surface area contributed by atoms with E-state index in [0.717, 1.165) is 36.9 Å². The SMILES string of the molecule is CS(=O)c1ccc(CN(CCCCO)C2CC2)cc1. The molecule has 2 rings (SSSR count). The van der Waals surface area contributed by atoms with E-state index < -0.39 is 10.8 Å². The van der Waals surface area contributed by atoms with Crippen molar-refractivity contribution >= 4 is 10.8 Å². The van der Waals surface area contributed by atoms with Gasteiger partial charge in [-0.3, -0.25) is 9.11 Å². The van der Waals surface area contributed by atoms with Crippen molar-refractivity contribution in [2.24, 2.45) is 0 Å². The van der Waals surface area contributed by atoms with Crippen molar-refractivity contribution in [3.05, 3.63) is 29.8 Å². The molecule has 19 heavy (non-hydrogen) atoms. The number of aliphatic hydroxyl groups is 1. The monoisotopic (exact) mass is 281 g/mol. The molecule has 3 nitrogen and oxygen atoms in total. The minimum atomic E-state index is -0.894. The maximum Gasteiger partial charge on any atom is 0.0498 e. The van der Waals surface area contributed by atoms with Crippen LogP contribution in [0.5, 0.6) is 0 Å². The van der Waals surface area contributed by atoms with E-state index in [1.54, 1.807) is 6.26 Å². The molecule has 1 atom stereocenters. The Bertz CT molecular complexity index is 415. The topological polar surface area (TPSA) is 40.5 Å². The first-order valence-corrected chi connectivity index (χ1v) is 8.54. The summed E-state index contributed by atoms with van der Waals surface area (Å²) < 4.78 is 11.3. The number of rotatable bonds is 8. The number of nitrogens with zero attached hydrogens (tertiary/aromatic N) is 1. The Morgan fingerprint density at radius 2 is 1.95 bits per heavy atom. The molecule has 1 unspecified atom stereocenters. The summed E-state index contributed by atoms with van der Waals surface area (Å²) in [6.45, 7) is 2.31. The molecule has 1 fully saturated rings. The van der Waals surface area contributed by atoms with Gasteiger partial charge in [0.2, 0.25) is 0 Å². The third-order valence-corrected chi connectivity index (χ3v) is 4.49. The van der Waals surface area contributed by atoms with Gasteiger partial charge in [-0.1, -0.05) is 12.1 Å². The molecule has 1 aliphatic carbocycles. The van der Waals surface area contributed by atoms with Gasteiger partial charge in [-0.05, 0) is 49.9 Å². The van der Waals surface area contributed by atoms with Crippen molar-refractivity contribution < 1.29 is 9.32 Å². The van der Waals surface area contributed by atoms with Gasteiger partial charge in [-0.15, -0.1) is 0 Å². The highest BCUT2D eigenvalue weighted by molar-refractivity contribution is 7.84. The van der Waals surface area contributed by atoms with E-state index >= 15 is 0 Å². The molecule has 1 aromatic rings. The Balaban J connectivity index is 1.90. The number of aliphatic hydroxyl groups excluding tert-OH is 1. The first-order chi connectivity index (χ1) is 9.20. The van der Waals surface area contributed by atoms with E-state index in [4.69, 9.17) is 5.11 Å². The van der Waals surface area contributed by atoms with Crippen LogP contribution < -0.4 is 0 Å². The molecule has 0 saturated heterocycles. The molecule has 106 valence electrons. The minimum absolute atomic E-state index is 0.287. The Hall–Kier alpha value is -0.710. The van der Waals surface area contributed by atoms with E-state index in [1.165, 1.54) is 18.4 Å². The van der Waals surface area contributed by atoms with Gasteiger partial charge in [0.1, 0.15) is 0 Å². The molecule has 0 spiro atoms. The Kier molecular flexibility index (Phi) is 5.55. The van der Waals surface area contributed by atoms with Gasteiger partial charge in [-0.2, -0.15) is 0 Å². The molecule has 1 N–H and O–H groups in total. The van der Waals surface area contributed by atoms with Crippen LogP contribution in [-0.4, -0.2) is 39.7 Å². The Morgan fingerprint density at radius 3 is 2.47 bits per heavy atom. The van der Waals surface area contributed by atoms with Crippen LogP contribution in [0.2, 0.25) is 0 Å². The van der Waals surface area contributed by atoms with Gasteiger partial charge in [-0.25, -0.2) is 0 Å². The smallest absolute Gasteiger partial charge is 0.0498 e. The molecule has 0 radical (unpaired) electrons. The second kappa shape index (κ2) is 7.17. The van der Waals surface area contributed by atoms with Gasteiger partial charge >= 0.3 is 0 Å². The summed E-state index contributed by atoms with van der Waals surface area (Å²) in [5.74, 6) is 0. The van der Waals surface area contributed by atoms with E-state index in [1.807, 2.05) is 12.1 Å². The molecular weight excluding hydrogens is 258 g/mol. The molecule has 0 aliphatic heterocycles. The summed E-state index contributed by atoms with van der Waals surface area (Å²) in [5.41, 5.74) is 1.28. The Labute approximate surface area is 118 Å². The first kappa shape index (κ1) is 14.7. The molecule has 0 bridgehead atoms. The predicted molar refractivity (Wildman–Crippen MR) is 78.5 cm³/mol. The van der Waals surface area contributed by atoms with Crippen LogP contribution in [0.25, 0.3) is 0 Å². The number of unbranched alkanes of at least 4 members (excludes halogenated alkanes) is 1. The molecule has 0 heterocycles. The van der Waals surface area contributed by atoms with Crippen molar-refractivity contribution in [2.45, 2.75) is 43.2 Å². The summed E-state index contributed by atoms with van der Waals surface area (Å²) in [6, 6.07) is 8.82. The summed E-state index contributed by atoms with van der Waals surface area (Å²) in [6.07, 6.45) is 6.26. The minimum Gasteiger partial charge on any atom is -0.396 e. The van der Waals surface area contributed by atoms with E-state index in [0.29, 0.717) is 0 Å². The zero-order valence-corrected chi connectivity index (χ0v) is 12.4. The van der Waals surface area contributed by atoms with E-state index in [9.17, 15) is 4.21 Å². The number of hydrogen-bond donors (Lipinski definition) is 1. The van der Waals surface area contributed by atoms with Crippen molar-refractivity contribution in [3.8, 4) is 0 Å². The van der Waals surface area contributed by atoms with Crippen LogP contribution >= 0.6 is 0 Å². The van der Waals surface area contributed by atoms with Crippen molar-refractivity contribution in [1.82, 2.24) is 4.90 Å². The van der Waals surface area contributed by atoms with E-state index in [-0.39, 0.29) is 6.61 Å². The van der Waals surface area contributed by atoms with Crippen LogP contribution in [0.4, 0.5) is 0 Å². The second-order valence-corrected chi connectivity index (χ2v) is 6.61. The van der Waals surface area contributed by atoms with Crippen LogP contribution in [0.15, 0.2) is 29.2 Å². The Morgan fingerprint density at radius 1 is 1.26 bits per heavy atom. The van der Waals surface area contributed by atoms with Crippen molar-refractivity contribution in [1.29, 1.82) is 0 Å². The number of benzene rings is 1. The molecule has 1 saturated carbocycles. The fraction of sp³-hybridized carbons (Fsp3) is 0.600. The van der Waals surface area contributed by atoms with Gasteiger partial charge < -0.3 is 5.11 Å². The molecule has 0 aromatic heterocycles. The lowest BCUT2D eigenvalue weighted by Gasteiger charge is -2.22. The molecular formula is C15H23NO2S. The molecule has 1 aliphatic rings. The lowest BCUT2D eigenvalue weighted by Crippen LogP contribution is -2.26. The fourth-order valence-corrected chi connectivity index (χ4v) is 2.80. The maximum atomic E-state index is 11.3. The lowest BCUT2D eigenvalue weighted by molar-refractivity contribution is 0.229. The maximum absolute atomic E-state index is 11.3. The summed E-state index contributed by atoms with van der Waals surface area (Å²) in [4.78, 5) is 3.40. The van der Waals surface area contributed by atoms with Crippen LogP contribution in [0.3, 0.4) is 0 Å². The van der Waals surface area contributed by atoms with Gasteiger partial charge in [0.15, 0.2) is 0 Å². The van der Waals surface area contributed by atoms with Crippen LogP contribution in [0, 0.1) is 0 Å². The third kappa shape index (κ3) is 4.71. The van der Waals surface area contributed by atoms with Gasteiger partial charge in [0, 0.05) is 41.1 Å². The van der Waals surface area contributed by atoms with Gasteiger partial charge in [0.25, 0.3) is 0 Å². The van der Waals surface area contributed by atoms with E-state index in [2.05, 4.69) is 17.0 Å². The van der Waals surface area contributed by atoms with Crippen LogP contribution in [0.1, 0.15) is 31.2 Å². The average Bonchev–Trinajstić information content (AvgIpc) is 3.23. The molecule has 4 heteroatoms. The second-order valence-electron chi connectivity index (χ2n) is 5.23. The normalized spacial score (nSPS) is 16.8. The third-order valence-electron chi connectivity index (χ3n) is 3.56. The molecule has 0 amide bonds. The zero-order valence-electron chi connectivity index (χ0n) is 11.5.